The molecule has 15 heavy (non-hydrogen) atoms. The molecule has 2 rings (SSSR count). The van der Waals surface area contributed by atoms with Gasteiger partial charge in [-0.15, -0.1) is 0 Å². The minimum atomic E-state index is -0.403. The topological polar surface area (TPSA) is 38.3 Å². The first-order chi connectivity index (χ1) is 7.16. The van der Waals surface area contributed by atoms with Crippen molar-refractivity contribution in [2.75, 3.05) is 13.2 Å². The van der Waals surface area contributed by atoms with Crippen LogP contribution in [-0.4, -0.2) is 19.1 Å². The highest BCUT2D eigenvalue weighted by molar-refractivity contribution is 9.10. The molecule has 1 aromatic carbocycles. The minimum Gasteiger partial charge on any atom is -0.362 e. The highest BCUT2D eigenvalue weighted by Crippen LogP contribution is 2.25. The van der Waals surface area contributed by atoms with Crippen molar-refractivity contribution < 1.29 is 13.9 Å². The Morgan fingerprint density at radius 3 is 3.00 bits per heavy atom. The number of morpholine rings is 1. The third kappa shape index (κ3) is 2.35. The van der Waals surface area contributed by atoms with E-state index in [1.807, 2.05) is 0 Å². The highest BCUT2D eigenvalue weighted by Gasteiger charge is 2.22. The Morgan fingerprint density at radius 2 is 2.33 bits per heavy atom. The lowest BCUT2D eigenvalue weighted by molar-refractivity contribution is -0.133. The second-order valence-electron chi connectivity index (χ2n) is 3.27. The first-order valence-electron chi connectivity index (χ1n) is 4.50. The lowest BCUT2D eigenvalue weighted by Crippen LogP contribution is -2.38. The lowest BCUT2D eigenvalue weighted by Gasteiger charge is -2.23. The summed E-state index contributed by atoms with van der Waals surface area (Å²) in [6.45, 7) is 0.294. The van der Waals surface area contributed by atoms with Gasteiger partial charge in [-0.25, -0.2) is 4.39 Å². The van der Waals surface area contributed by atoms with Crippen LogP contribution in [0.1, 0.15) is 11.7 Å². The van der Waals surface area contributed by atoms with Gasteiger partial charge in [-0.2, -0.15) is 0 Å². The van der Waals surface area contributed by atoms with E-state index in [2.05, 4.69) is 21.2 Å². The van der Waals surface area contributed by atoms with Crippen molar-refractivity contribution in [3.8, 4) is 0 Å². The summed E-state index contributed by atoms with van der Waals surface area (Å²) in [5.41, 5.74) is 0.462. The Bertz CT molecular complexity index is 387. The molecule has 1 aromatic rings. The van der Waals surface area contributed by atoms with Crippen molar-refractivity contribution in [2.24, 2.45) is 0 Å². The molecule has 0 spiro atoms. The number of hydrogen-bond donors (Lipinski definition) is 1. The van der Waals surface area contributed by atoms with Crippen molar-refractivity contribution in [1.82, 2.24) is 5.32 Å². The smallest absolute Gasteiger partial charge is 0.246 e. The average molecular weight is 274 g/mol. The predicted octanol–water partition coefficient (Wildman–Crippen LogP) is 1.78. The van der Waals surface area contributed by atoms with Gasteiger partial charge in [-0.05, 0) is 18.2 Å². The van der Waals surface area contributed by atoms with Crippen LogP contribution in [-0.2, 0) is 9.53 Å². The Balaban J connectivity index is 2.21. The summed E-state index contributed by atoms with van der Waals surface area (Å²) in [4.78, 5) is 10.9. The van der Waals surface area contributed by atoms with Gasteiger partial charge in [0.25, 0.3) is 0 Å². The Kier molecular flexibility index (Phi) is 3.02. The maximum absolute atomic E-state index is 13.4. The molecule has 1 unspecified atom stereocenters. The summed E-state index contributed by atoms with van der Waals surface area (Å²) in [6.07, 6.45) is -0.403. The van der Waals surface area contributed by atoms with Gasteiger partial charge in [0.1, 0.15) is 18.5 Å². The zero-order valence-electron chi connectivity index (χ0n) is 7.80. The molecular weight excluding hydrogens is 265 g/mol. The zero-order chi connectivity index (χ0) is 10.8. The molecule has 0 aromatic heterocycles. The number of halogens is 2. The quantitative estimate of drug-likeness (QED) is 0.847. The number of amides is 1. The molecule has 1 aliphatic heterocycles. The van der Waals surface area contributed by atoms with E-state index in [-0.39, 0.29) is 18.3 Å². The van der Waals surface area contributed by atoms with Crippen LogP contribution in [0.5, 0.6) is 0 Å². The fourth-order valence-electron chi connectivity index (χ4n) is 1.45. The van der Waals surface area contributed by atoms with Crippen molar-refractivity contribution in [2.45, 2.75) is 6.10 Å². The molecule has 1 amide bonds. The van der Waals surface area contributed by atoms with Gasteiger partial charge in [0.05, 0.1) is 0 Å². The fourth-order valence-corrected chi connectivity index (χ4v) is 1.83. The first-order valence-corrected chi connectivity index (χ1v) is 5.29. The summed E-state index contributed by atoms with van der Waals surface area (Å²) >= 11 is 3.27. The van der Waals surface area contributed by atoms with E-state index >= 15 is 0 Å². The van der Waals surface area contributed by atoms with Crippen molar-refractivity contribution in [1.29, 1.82) is 0 Å². The molecule has 1 heterocycles. The van der Waals surface area contributed by atoms with Crippen LogP contribution in [0.3, 0.4) is 0 Å². The van der Waals surface area contributed by atoms with Crippen molar-refractivity contribution in [3.63, 3.8) is 0 Å². The summed E-state index contributed by atoms with van der Waals surface area (Å²) < 4.78 is 19.5. The van der Waals surface area contributed by atoms with E-state index in [9.17, 15) is 9.18 Å². The van der Waals surface area contributed by atoms with Gasteiger partial charge < -0.3 is 10.1 Å². The molecule has 80 valence electrons. The van der Waals surface area contributed by atoms with E-state index in [4.69, 9.17) is 4.74 Å². The van der Waals surface area contributed by atoms with E-state index in [0.29, 0.717) is 12.1 Å². The molecule has 1 fully saturated rings. The molecular formula is C10H9BrFNO2. The molecule has 1 N–H and O–H groups in total. The molecule has 0 bridgehead atoms. The van der Waals surface area contributed by atoms with Crippen LogP contribution in [0.25, 0.3) is 0 Å². The SMILES string of the molecule is O=C1COC(c2cc(Br)ccc2F)CN1. The van der Waals surface area contributed by atoms with Crippen LogP contribution in [0, 0.1) is 5.82 Å². The number of rotatable bonds is 1. The van der Waals surface area contributed by atoms with Crippen LogP contribution in [0.2, 0.25) is 0 Å². The minimum absolute atomic E-state index is 0.0172. The Labute approximate surface area is 94.7 Å². The zero-order valence-corrected chi connectivity index (χ0v) is 9.38. The van der Waals surface area contributed by atoms with Crippen LogP contribution in [0.15, 0.2) is 22.7 Å². The van der Waals surface area contributed by atoms with Crippen molar-refractivity contribution >= 4 is 21.8 Å². The van der Waals surface area contributed by atoms with Gasteiger partial charge in [0, 0.05) is 16.6 Å². The van der Waals surface area contributed by atoms with E-state index in [0.717, 1.165) is 4.47 Å². The molecule has 1 saturated heterocycles. The summed E-state index contributed by atoms with van der Waals surface area (Å²) in [6, 6.07) is 4.66. The molecule has 1 atom stereocenters. The monoisotopic (exact) mass is 273 g/mol. The number of hydrogen-bond acceptors (Lipinski definition) is 2. The summed E-state index contributed by atoms with van der Waals surface area (Å²) in [5, 5.41) is 2.63. The third-order valence-corrected chi connectivity index (χ3v) is 2.70. The van der Waals surface area contributed by atoms with Crippen LogP contribution in [0.4, 0.5) is 4.39 Å². The second-order valence-corrected chi connectivity index (χ2v) is 4.19. The first kappa shape index (κ1) is 10.6. The predicted molar refractivity (Wildman–Crippen MR) is 55.8 cm³/mol. The van der Waals surface area contributed by atoms with Gasteiger partial charge in [-0.1, -0.05) is 15.9 Å². The summed E-state index contributed by atoms with van der Waals surface area (Å²) in [5.74, 6) is -0.485. The van der Waals surface area contributed by atoms with Gasteiger partial charge in [0.2, 0.25) is 5.91 Å². The van der Waals surface area contributed by atoms with Crippen LogP contribution < -0.4 is 5.32 Å². The fraction of sp³-hybridized carbons (Fsp3) is 0.300. The molecule has 0 saturated carbocycles. The van der Waals surface area contributed by atoms with Crippen molar-refractivity contribution in [3.05, 3.63) is 34.1 Å². The van der Waals surface area contributed by atoms with E-state index < -0.39 is 6.10 Å². The number of carbonyl (C=O) groups is 1. The molecule has 0 radical (unpaired) electrons. The standard InChI is InChI=1S/C10H9BrFNO2/c11-6-1-2-8(12)7(3-6)9-4-13-10(14)5-15-9/h1-3,9H,4-5H2,(H,13,14). The second kappa shape index (κ2) is 4.28. The third-order valence-electron chi connectivity index (χ3n) is 2.21. The highest BCUT2D eigenvalue weighted by atomic mass is 79.9. The normalized spacial score (nSPS) is 21.2. The number of benzene rings is 1. The van der Waals surface area contributed by atoms with Gasteiger partial charge in [-0.3, -0.25) is 4.79 Å². The maximum Gasteiger partial charge on any atom is 0.246 e. The van der Waals surface area contributed by atoms with Gasteiger partial charge in [0.15, 0.2) is 0 Å². The molecule has 1 aliphatic rings. The molecule has 0 aliphatic carbocycles. The molecule has 3 nitrogen and oxygen atoms in total. The maximum atomic E-state index is 13.4. The van der Waals surface area contributed by atoms with E-state index in [1.165, 1.54) is 6.07 Å². The Morgan fingerprint density at radius 1 is 1.53 bits per heavy atom. The van der Waals surface area contributed by atoms with Gasteiger partial charge >= 0.3 is 0 Å². The largest absolute Gasteiger partial charge is 0.362 e. The average Bonchev–Trinajstić information content (AvgIpc) is 2.23. The number of nitrogens with one attached hydrogen (secondary N) is 1. The van der Waals surface area contributed by atoms with Crippen LogP contribution >= 0.6 is 15.9 Å². The number of ether oxygens (including phenoxy) is 1. The summed E-state index contributed by atoms with van der Waals surface area (Å²) in [7, 11) is 0. The number of carbonyl (C=O) groups excluding carboxylic acids is 1. The van der Waals surface area contributed by atoms with E-state index in [1.54, 1.807) is 12.1 Å². The molecule has 5 heteroatoms. The Hall–Kier alpha value is -0.940. The lowest BCUT2D eigenvalue weighted by atomic mass is 10.1.